The number of hydrogen-bond donors (Lipinski definition) is 1. The summed E-state index contributed by atoms with van der Waals surface area (Å²) in [6.45, 7) is 4.31. The second-order valence-electron chi connectivity index (χ2n) is 7.93. The van der Waals surface area contributed by atoms with E-state index in [0.717, 1.165) is 17.4 Å². The molecule has 1 aliphatic heterocycles. The standard InChI is InChI=1S/C21H24N4O5S/c1-14-7-9-25(10-8-14)31(28,29)18-12-24(21(27)17-6-4-3-5-16(17)18)13-20(26)22-19-11-15(2)30-23-19/h3-6,11-12,14H,7-10,13H2,1-2H3,(H,22,23,26). The third kappa shape index (κ3) is 4.26. The first-order chi connectivity index (χ1) is 14.8. The molecule has 1 aromatic carbocycles. The van der Waals surface area contributed by atoms with Crippen molar-refractivity contribution in [3.05, 3.63) is 52.6 Å². The maximum Gasteiger partial charge on any atom is 0.258 e. The van der Waals surface area contributed by atoms with Gasteiger partial charge in [-0.15, -0.1) is 0 Å². The maximum absolute atomic E-state index is 13.4. The Morgan fingerprint density at radius 1 is 1.23 bits per heavy atom. The number of sulfonamides is 1. The molecular weight excluding hydrogens is 420 g/mol. The molecule has 0 spiro atoms. The topological polar surface area (TPSA) is 115 Å². The number of pyridine rings is 1. The van der Waals surface area contributed by atoms with Crippen molar-refractivity contribution in [2.75, 3.05) is 18.4 Å². The van der Waals surface area contributed by atoms with E-state index in [9.17, 15) is 18.0 Å². The molecule has 1 saturated heterocycles. The fourth-order valence-corrected chi connectivity index (χ4v) is 5.44. The highest BCUT2D eigenvalue weighted by atomic mass is 32.2. The largest absolute Gasteiger partial charge is 0.360 e. The molecule has 9 nitrogen and oxygen atoms in total. The Balaban J connectivity index is 1.73. The van der Waals surface area contributed by atoms with E-state index in [0.29, 0.717) is 30.2 Å². The monoisotopic (exact) mass is 444 g/mol. The fourth-order valence-electron chi connectivity index (χ4n) is 3.76. The number of piperidine rings is 1. The van der Waals surface area contributed by atoms with E-state index < -0.39 is 21.5 Å². The van der Waals surface area contributed by atoms with E-state index in [1.807, 2.05) is 0 Å². The third-order valence-corrected chi connectivity index (χ3v) is 7.45. The smallest absolute Gasteiger partial charge is 0.258 e. The first kappa shape index (κ1) is 21.3. The highest BCUT2D eigenvalue weighted by molar-refractivity contribution is 7.89. The number of rotatable bonds is 5. The van der Waals surface area contributed by atoms with Crippen LogP contribution in [0.2, 0.25) is 0 Å². The summed E-state index contributed by atoms with van der Waals surface area (Å²) < 4.78 is 34.4. The summed E-state index contributed by atoms with van der Waals surface area (Å²) in [6, 6.07) is 8.12. The van der Waals surface area contributed by atoms with Gasteiger partial charge in [0.05, 0.1) is 0 Å². The maximum atomic E-state index is 13.4. The van der Waals surface area contributed by atoms with Crippen LogP contribution in [-0.4, -0.2) is 41.4 Å². The van der Waals surface area contributed by atoms with Gasteiger partial charge in [-0.1, -0.05) is 30.3 Å². The minimum atomic E-state index is -3.83. The predicted molar refractivity (Wildman–Crippen MR) is 115 cm³/mol. The van der Waals surface area contributed by atoms with Crippen LogP contribution < -0.4 is 10.9 Å². The van der Waals surface area contributed by atoms with Crippen LogP contribution >= 0.6 is 0 Å². The number of benzene rings is 1. The molecule has 0 unspecified atom stereocenters. The number of fused-ring (bicyclic) bond motifs is 1. The van der Waals surface area contributed by atoms with E-state index >= 15 is 0 Å². The Bertz CT molecular complexity index is 1290. The SMILES string of the molecule is Cc1cc(NC(=O)Cn2cc(S(=O)(=O)N3CCC(C)CC3)c3ccccc3c2=O)no1. The summed E-state index contributed by atoms with van der Waals surface area (Å²) in [4.78, 5) is 25.5. The van der Waals surface area contributed by atoms with Gasteiger partial charge < -0.3 is 14.4 Å². The molecule has 10 heteroatoms. The van der Waals surface area contributed by atoms with Crippen LogP contribution in [0.15, 0.2) is 50.7 Å². The Labute approximate surface area is 179 Å². The zero-order valence-corrected chi connectivity index (χ0v) is 18.2. The molecule has 4 rings (SSSR count). The van der Waals surface area contributed by atoms with Gasteiger partial charge in [-0.25, -0.2) is 8.42 Å². The normalized spacial score (nSPS) is 15.9. The minimum absolute atomic E-state index is 0.0299. The molecule has 0 bridgehead atoms. The summed E-state index contributed by atoms with van der Waals surface area (Å²) in [5.74, 6) is 0.718. The summed E-state index contributed by atoms with van der Waals surface area (Å²) in [6.07, 6.45) is 2.85. The number of aryl methyl sites for hydroxylation is 1. The van der Waals surface area contributed by atoms with Crippen LogP contribution in [-0.2, 0) is 21.4 Å². The number of carbonyl (C=O) groups excluding carboxylic acids is 1. The van der Waals surface area contributed by atoms with Crippen molar-refractivity contribution in [1.82, 2.24) is 14.0 Å². The molecule has 1 N–H and O–H groups in total. The first-order valence-electron chi connectivity index (χ1n) is 10.1. The van der Waals surface area contributed by atoms with Gasteiger partial charge in [-0.05, 0) is 31.7 Å². The highest BCUT2D eigenvalue weighted by Crippen LogP contribution is 2.27. The van der Waals surface area contributed by atoms with Crippen LogP contribution in [0.1, 0.15) is 25.5 Å². The van der Waals surface area contributed by atoms with Crippen LogP contribution in [0.3, 0.4) is 0 Å². The third-order valence-electron chi connectivity index (χ3n) is 5.53. The van der Waals surface area contributed by atoms with E-state index in [-0.39, 0.29) is 22.6 Å². The van der Waals surface area contributed by atoms with Crippen molar-refractivity contribution in [3.63, 3.8) is 0 Å². The predicted octanol–water partition coefficient (Wildman–Crippen LogP) is 2.36. The lowest BCUT2D eigenvalue weighted by atomic mass is 10.0. The Kier molecular flexibility index (Phi) is 5.67. The van der Waals surface area contributed by atoms with Gasteiger partial charge in [0.25, 0.3) is 5.56 Å². The molecule has 0 aliphatic carbocycles. The zero-order chi connectivity index (χ0) is 22.2. The lowest BCUT2D eigenvalue weighted by molar-refractivity contribution is -0.116. The molecule has 1 amide bonds. The van der Waals surface area contributed by atoms with Gasteiger partial charge in [0.1, 0.15) is 17.2 Å². The Morgan fingerprint density at radius 3 is 2.55 bits per heavy atom. The number of anilines is 1. The molecule has 0 saturated carbocycles. The number of hydrogen-bond acceptors (Lipinski definition) is 6. The lowest BCUT2D eigenvalue weighted by Gasteiger charge is -2.29. The quantitative estimate of drug-likeness (QED) is 0.646. The van der Waals surface area contributed by atoms with Crippen molar-refractivity contribution in [3.8, 4) is 0 Å². The van der Waals surface area contributed by atoms with Crippen LogP contribution in [0.4, 0.5) is 5.82 Å². The molecule has 0 atom stereocenters. The van der Waals surface area contributed by atoms with Crippen molar-refractivity contribution in [2.45, 2.75) is 38.1 Å². The van der Waals surface area contributed by atoms with Crippen LogP contribution in [0, 0.1) is 12.8 Å². The van der Waals surface area contributed by atoms with Gasteiger partial charge in [-0.3, -0.25) is 9.59 Å². The molecule has 31 heavy (non-hydrogen) atoms. The first-order valence-corrected chi connectivity index (χ1v) is 11.5. The fraction of sp³-hybridized carbons (Fsp3) is 0.381. The number of nitrogens with zero attached hydrogens (tertiary/aromatic N) is 3. The Hall–Kier alpha value is -2.98. The summed E-state index contributed by atoms with van der Waals surface area (Å²) >= 11 is 0. The highest BCUT2D eigenvalue weighted by Gasteiger charge is 2.30. The van der Waals surface area contributed by atoms with Crippen LogP contribution in [0.5, 0.6) is 0 Å². The number of aromatic nitrogens is 2. The second-order valence-corrected chi connectivity index (χ2v) is 9.84. The van der Waals surface area contributed by atoms with Gasteiger partial charge in [0.15, 0.2) is 5.82 Å². The molecule has 1 aliphatic rings. The molecule has 1 fully saturated rings. The molecule has 164 valence electrons. The number of nitrogens with one attached hydrogen (secondary N) is 1. The number of amides is 1. The molecule has 2 aromatic heterocycles. The van der Waals surface area contributed by atoms with Crippen molar-refractivity contribution < 1.29 is 17.7 Å². The van der Waals surface area contributed by atoms with Crippen molar-refractivity contribution >= 4 is 32.5 Å². The zero-order valence-electron chi connectivity index (χ0n) is 17.4. The Morgan fingerprint density at radius 2 is 1.90 bits per heavy atom. The second kappa shape index (κ2) is 8.27. The van der Waals surface area contributed by atoms with Gasteiger partial charge in [-0.2, -0.15) is 4.31 Å². The lowest BCUT2D eigenvalue weighted by Crippen LogP contribution is -2.38. The summed E-state index contributed by atoms with van der Waals surface area (Å²) in [7, 11) is -3.83. The van der Waals surface area contributed by atoms with E-state index in [2.05, 4.69) is 17.4 Å². The van der Waals surface area contributed by atoms with E-state index in [1.165, 1.54) is 10.5 Å². The summed E-state index contributed by atoms with van der Waals surface area (Å²) in [5, 5.41) is 6.85. The van der Waals surface area contributed by atoms with Crippen molar-refractivity contribution in [1.29, 1.82) is 0 Å². The van der Waals surface area contributed by atoms with E-state index in [4.69, 9.17) is 4.52 Å². The molecule has 3 aromatic rings. The molecule has 3 heterocycles. The van der Waals surface area contributed by atoms with Crippen molar-refractivity contribution in [2.24, 2.45) is 5.92 Å². The average molecular weight is 445 g/mol. The van der Waals surface area contributed by atoms with Crippen LogP contribution in [0.25, 0.3) is 10.8 Å². The van der Waals surface area contributed by atoms with E-state index in [1.54, 1.807) is 37.3 Å². The minimum Gasteiger partial charge on any atom is -0.360 e. The average Bonchev–Trinajstić information content (AvgIpc) is 3.14. The summed E-state index contributed by atoms with van der Waals surface area (Å²) in [5.41, 5.74) is -0.437. The number of carbonyl (C=O) groups is 1. The molecular formula is C21H24N4O5S. The van der Waals surface area contributed by atoms with Gasteiger partial charge >= 0.3 is 0 Å². The van der Waals surface area contributed by atoms with Gasteiger partial charge in [0, 0.05) is 36.1 Å². The van der Waals surface area contributed by atoms with Gasteiger partial charge in [0.2, 0.25) is 15.9 Å². The molecule has 0 radical (unpaired) electrons.